The molecule has 0 unspecified atom stereocenters. The minimum Gasteiger partial charge on any atom is -0.397 e. The molecule has 4 N–H and O–H groups in total. The van der Waals surface area contributed by atoms with Gasteiger partial charge in [0.2, 0.25) is 0 Å². The summed E-state index contributed by atoms with van der Waals surface area (Å²) in [7, 11) is 0. The number of hydrogen-bond acceptors (Lipinski definition) is 3. The van der Waals surface area contributed by atoms with Gasteiger partial charge in [0.15, 0.2) is 0 Å². The fraction of sp³-hybridized carbons (Fsp3) is 0.357. The predicted octanol–water partition coefficient (Wildman–Crippen LogP) is 2.40. The topological polar surface area (TPSA) is 67.2 Å². The molecule has 98 valence electrons. The van der Waals surface area contributed by atoms with Crippen molar-refractivity contribution in [2.24, 2.45) is 0 Å². The summed E-state index contributed by atoms with van der Waals surface area (Å²) in [6, 6.07) is 5.27. The number of amides is 1. The summed E-state index contributed by atoms with van der Waals surface area (Å²) in [5.41, 5.74) is 7.96. The molecule has 0 spiro atoms. The first kappa shape index (κ1) is 14.1. The number of nitrogen functional groups attached to an aromatic ring is 1. The molecule has 0 saturated carbocycles. The van der Waals surface area contributed by atoms with Crippen LogP contribution in [-0.2, 0) is 0 Å². The summed E-state index contributed by atoms with van der Waals surface area (Å²) < 4.78 is 0. The van der Waals surface area contributed by atoms with E-state index in [1.807, 2.05) is 19.9 Å². The Hall–Kier alpha value is -1.97. The second kappa shape index (κ2) is 7.37. The van der Waals surface area contributed by atoms with Crippen LogP contribution in [0.1, 0.15) is 30.6 Å². The molecule has 0 bridgehead atoms. The summed E-state index contributed by atoms with van der Waals surface area (Å²) in [4.78, 5) is 11.7. The Labute approximate surface area is 108 Å². The number of anilines is 2. The molecule has 1 aromatic carbocycles. The van der Waals surface area contributed by atoms with E-state index in [1.165, 1.54) is 0 Å². The molecule has 1 rings (SSSR count). The predicted molar refractivity (Wildman–Crippen MR) is 76.8 cm³/mol. The SMILES string of the molecule is C/C=C/CCNc1cc(C(=O)NCC)ccc1N. The van der Waals surface area contributed by atoms with Gasteiger partial charge in [-0.25, -0.2) is 0 Å². The van der Waals surface area contributed by atoms with E-state index in [0.717, 1.165) is 18.7 Å². The van der Waals surface area contributed by atoms with E-state index in [1.54, 1.807) is 18.2 Å². The monoisotopic (exact) mass is 247 g/mol. The third-order valence-electron chi connectivity index (χ3n) is 2.51. The summed E-state index contributed by atoms with van der Waals surface area (Å²) >= 11 is 0. The maximum Gasteiger partial charge on any atom is 0.251 e. The summed E-state index contributed by atoms with van der Waals surface area (Å²) in [6.07, 6.45) is 5.02. The Morgan fingerprint density at radius 1 is 1.44 bits per heavy atom. The molecule has 0 aliphatic heterocycles. The Morgan fingerprint density at radius 3 is 2.89 bits per heavy atom. The van der Waals surface area contributed by atoms with Crippen LogP contribution < -0.4 is 16.4 Å². The summed E-state index contributed by atoms with van der Waals surface area (Å²) in [5, 5.41) is 6.00. The fourth-order valence-electron chi connectivity index (χ4n) is 1.57. The van der Waals surface area contributed by atoms with Crippen molar-refractivity contribution in [3.05, 3.63) is 35.9 Å². The normalized spacial score (nSPS) is 10.6. The van der Waals surface area contributed by atoms with E-state index >= 15 is 0 Å². The molecule has 0 fully saturated rings. The maximum absolute atomic E-state index is 11.7. The first-order valence-corrected chi connectivity index (χ1v) is 6.21. The van der Waals surface area contributed by atoms with Gasteiger partial charge in [-0.1, -0.05) is 12.2 Å². The molecule has 1 amide bonds. The highest BCUT2D eigenvalue weighted by Gasteiger charge is 2.06. The zero-order chi connectivity index (χ0) is 13.4. The highest BCUT2D eigenvalue weighted by Crippen LogP contribution is 2.20. The van der Waals surface area contributed by atoms with Crippen molar-refractivity contribution in [3.63, 3.8) is 0 Å². The van der Waals surface area contributed by atoms with Gasteiger partial charge in [0, 0.05) is 18.7 Å². The third-order valence-corrected chi connectivity index (χ3v) is 2.51. The van der Waals surface area contributed by atoms with Crippen molar-refractivity contribution in [1.29, 1.82) is 0 Å². The molecule has 0 aliphatic rings. The number of carbonyl (C=O) groups is 1. The van der Waals surface area contributed by atoms with Crippen LogP contribution >= 0.6 is 0 Å². The molecule has 0 aromatic heterocycles. The Kier molecular flexibility index (Phi) is 5.77. The van der Waals surface area contributed by atoms with Gasteiger partial charge in [0.05, 0.1) is 11.4 Å². The Balaban J connectivity index is 2.71. The zero-order valence-electron chi connectivity index (χ0n) is 11.0. The van der Waals surface area contributed by atoms with Crippen LogP contribution in [0.4, 0.5) is 11.4 Å². The van der Waals surface area contributed by atoms with Gasteiger partial charge >= 0.3 is 0 Å². The van der Waals surface area contributed by atoms with Gasteiger partial charge in [-0.15, -0.1) is 0 Å². The number of nitrogens with two attached hydrogens (primary N) is 1. The van der Waals surface area contributed by atoms with Crippen LogP contribution in [0.3, 0.4) is 0 Å². The van der Waals surface area contributed by atoms with E-state index in [9.17, 15) is 4.79 Å². The molecule has 0 atom stereocenters. The van der Waals surface area contributed by atoms with E-state index in [-0.39, 0.29) is 5.91 Å². The number of hydrogen-bond donors (Lipinski definition) is 3. The second-order valence-electron chi connectivity index (χ2n) is 3.95. The maximum atomic E-state index is 11.7. The molecule has 0 saturated heterocycles. The molecule has 4 heteroatoms. The first-order chi connectivity index (χ1) is 8.69. The molecule has 1 aromatic rings. The van der Waals surface area contributed by atoms with Crippen LogP contribution in [0.2, 0.25) is 0 Å². The van der Waals surface area contributed by atoms with E-state index in [4.69, 9.17) is 5.73 Å². The number of allylic oxidation sites excluding steroid dienone is 1. The van der Waals surface area contributed by atoms with Crippen LogP contribution in [0.5, 0.6) is 0 Å². The van der Waals surface area contributed by atoms with Crippen molar-refractivity contribution in [1.82, 2.24) is 5.32 Å². The Bertz CT molecular complexity index is 427. The molecular weight excluding hydrogens is 226 g/mol. The Morgan fingerprint density at radius 2 is 2.22 bits per heavy atom. The smallest absolute Gasteiger partial charge is 0.251 e. The fourth-order valence-corrected chi connectivity index (χ4v) is 1.57. The van der Waals surface area contributed by atoms with Crippen LogP contribution in [0.15, 0.2) is 30.4 Å². The number of benzene rings is 1. The van der Waals surface area contributed by atoms with Gasteiger partial charge < -0.3 is 16.4 Å². The zero-order valence-corrected chi connectivity index (χ0v) is 11.0. The molecule has 0 heterocycles. The first-order valence-electron chi connectivity index (χ1n) is 6.21. The van der Waals surface area contributed by atoms with E-state index in [2.05, 4.69) is 16.7 Å². The van der Waals surface area contributed by atoms with Crippen molar-refractivity contribution < 1.29 is 4.79 Å². The lowest BCUT2D eigenvalue weighted by Crippen LogP contribution is -2.22. The van der Waals surface area contributed by atoms with Crippen LogP contribution in [0, 0.1) is 0 Å². The minimum absolute atomic E-state index is 0.0750. The van der Waals surface area contributed by atoms with Crippen molar-refractivity contribution in [3.8, 4) is 0 Å². The van der Waals surface area contributed by atoms with Crippen molar-refractivity contribution in [2.45, 2.75) is 20.3 Å². The molecule has 0 aliphatic carbocycles. The summed E-state index contributed by atoms with van der Waals surface area (Å²) in [6.45, 7) is 5.30. The highest BCUT2D eigenvalue weighted by molar-refractivity contribution is 5.96. The average molecular weight is 247 g/mol. The number of carbonyl (C=O) groups excluding carboxylic acids is 1. The minimum atomic E-state index is -0.0750. The van der Waals surface area contributed by atoms with Crippen LogP contribution in [0.25, 0.3) is 0 Å². The number of nitrogens with one attached hydrogen (secondary N) is 2. The average Bonchev–Trinajstić information content (AvgIpc) is 2.37. The summed E-state index contributed by atoms with van der Waals surface area (Å²) in [5.74, 6) is -0.0750. The van der Waals surface area contributed by atoms with E-state index in [0.29, 0.717) is 17.8 Å². The van der Waals surface area contributed by atoms with Crippen molar-refractivity contribution in [2.75, 3.05) is 24.1 Å². The standard InChI is InChI=1S/C14H21N3O/c1-3-5-6-9-17-13-10-11(7-8-12(13)15)14(18)16-4-2/h3,5,7-8,10,17H,4,6,9,15H2,1-2H3,(H,16,18)/b5-3+. The molecular formula is C14H21N3O. The lowest BCUT2D eigenvalue weighted by Gasteiger charge is -2.10. The van der Waals surface area contributed by atoms with E-state index < -0.39 is 0 Å². The van der Waals surface area contributed by atoms with Gasteiger partial charge in [-0.05, 0) is 38.5 Å². The quantitative estimate of drug-likeness (QED) is 0.411. The lowest BCUT2D eigenvalue weighted by molar-refractivity contribution is 0.0956. The van der Waals surface area contributed by atoms with Crippen LogP contribution in [-0.4, -0.2) is 19.0 Å². The molecule has 0 radical (unpaired) electrons. The largest absolute Gasteiger partial charge is 0.397 e. The highest BCUT2D eigenvalue weighted by atomic mass is 16.1. The lowest BCUT2D eigenvalue weighted by atomic mass is 10.1. The van der Waals surface area contributed by atoms with Gasteiger partial charge in [0.25, 0.3) is 5.91 Å². The molecule has 4 nitrogen and oxygen atoms in total. The third kappa shape index (κ3) is 4.13. The van der Waals surface area contributed by atoms with Gasteiger partial charge in [-0.3, -0.25) is 4.79 Å². The van der Waals surface area contributed by atoms with Gasteiger partial charge in [0.1, 0.15) is 0 Å². The van der Waals surface area contributed by atoms with Gasteiger partial charge in [-0.2, -0.15) is 0 Å². The second-order valence-corrected chi connectivity index (χ2v) is 3.95. The molecule has 18 heavy (non-hydrogen) atoms. The van der Waals surface area contributed by atoms with Crippen molar-refractivity contribution >= 4 is 17.3 Å². The number of rotatable bonds is 6.